The Labute approximate surface area is 160 Å². The molecule has 4 heterocycles. The maximum Gasteiger partial charge on any atom is 0.223 e. The Morgan fingerprint density at radius 3 is 3.07 bits per heavy atom. The molecule has 1 spiro atoms. The zero-order chi connectivity index (χ0) is 18.3. The van der Waals surface area contributed by atoms with Gasteiger partial charge in [0.25, 0.3) is 0 Å². The molecule has 142 valence electrons. The SMILES string of the molecule is Cc1nc(NCC2CC2)nc2c1COC[C@]21CCN(Cc2cccnc2)C1. The zero-order valence-electron chi connectivity index (χ0n) is 15.9. The molecule has 6 nitrogen and oxygen atoms in total. The number of pyridine rings is 1. The largest absolute Gasteiger partial charge is 0.376 e. The number of hydrogen-bond donors (Lipinski definition) is 1. The Balaban J connectivity index is 1.39. The Morgan fingerprint density at radius 2 is 2.26 bits per heavy atom. The number of aromatic nitrogens is 3. The second-order valence-electron chi connectivity index (χ2n) is 8.38. The number of fused-ring (bicyclic) bond motifs is 2. The first-order valence-electron chi connectivity index (χ1n) is 10.0. The van der Waals surface area contributed by atoms with Crippen LogP contribution in [0.25, 0.3) is 0 Å². The number of nitrogens with one attached hydrogen (secondary N) is 1. The summed E-state index contributed by atoms with van der Waals surface area (Å²) in [7, 11) is 0. The van der Waals surface area contributed by atoms with Gasteiger partial charge in [-0.1, -0.05) is 6.07 Å². The lowest BCUT2D eigenvalue weighted by Gasteiger charge is -2.35. The summed E-state index contributed by atoms with van der Waals surface area (Å²) >= 11 is 0. The van der Waals surface area contributed by atoms with Crippen LogP contribution >= 0.6 is 0 Å². The number of hydrogen-bond acceptors (Lipinski definition) is 6. The lowest BCUT2D eigenvalue weighted by atomic mass is 9.80. The summed E-state index contributed by atoms with van der Waals surface area (Å²) in [6.45, 7) is 7.44. The fraction of sp³-hybridized carbons (Fsp3) is 0.571. The third-order valence-electron chi connectivity index (χ3n) is 6.15. The van der Waals surface area contributed by atoms with Gasteiger partial charge >= 0.3 is 0 Å². The van der Waals surface area contributed by atoms with E-state index in [2.05, 4.69) is 28.2 Å². The average molecular weight is 365 g/mol. The Kier molecular flexibility index (Phi) is 4.32. The van der Waals surface area contributed by atoms with Gasteiger partial charge in [-0.05, 0) is 50.3 Å². The summed E-state index contributed by atoms with van der Waals surface area (Å²) in [5, 5.41) is 3.47. The van der Waals surface area contributed by atoms with E-state index < -0.39 is 0 Å². The predicted octanol–water partition coefficient (Wildman–Crippen LogP) is 2.68. The summed E-state index contributed by atoms with van der Waals surface area (Å²) in [6.07, 6.45) is 7.54. The topological polar surface area (TPSA) is 63.2 Å². The van der Waals surface area contributed by atoms with Crippen LogP contribution in [0.15, 0.2) is 24.5 Å². The molecule has 2 aliphatic heterocycles. The monoisotopic (exact) mass is 365 g/mol. The Bertz CT molecular complexity index is 823. The molecule has 3 aliphatic rings. The molecule has 0 aromatic carbocycles. The highest BCUT2D eigenvalue weighted by Gasteiger charge is 2.45. The van der Waals surface area contributed by atoms with Gasteiger partial charge in [0.05, 0.1) is 24.3 Å². The van der Waals surface area contributed by atoms with Crippen LogP contribution in [0.3, 0.4) is 0 Å². The van der Waals surface area contributed by atoms with Crippen molar-refractivity contribution in [2.75, 3.05) is 31.6 Å². The highest BCUT2D eigenvalue weighted by molar-refractivity contribution is 5.40. The smallest absolute Gasteiger partial charge is 0.223 e. The second kappa shape index (κ2) is 6.84. The molecular formula is C21H27N5O. The van der Waals surface area contributed by atoms with Crippen molar-refractivity contribution in [2.24, 2.45) is 5.92 Å². The van der Waals surface area contributed by atoms with Crippen LogP contribution in [0, 0.1) is 12.8 Å². The molecule has 27 heavy (non-hydrogen) atoms. The summed E-state index contributed by atoms with van der Waals surface area (Å²) in [4.78, 5) is 16.5. The van der Waals surface area contributed by atoms with E-state index in [4.69, 9.17) is 14.7 Å². The van der Waals surface area contributed by atoms with Gasteiger partial charge in [0, 0.05) is 43.3 Å². The van der Waals surface area contributed by atoms with Crippen LogP contribution in [0.4, 0.5) is 5.95 Å². The highest BCUT2D eigenvalue weighted by atomic mass is 16.5. The first-order chi connectivity index (χ1) is 13.2. The fourth-order valence-corrected chi connectivity index (χ4v) is 4.42. The molecule has 1 saturated carbocycles. The van der Waals surface area contributed by atoms with E-state index in [1.54, 1.807) is 0 Å². The van der Waals surface area contributed by atoms with Crippen molar-refractivity contribution in [3.8, 4) is 0 Å². The van der Waals surface area contributed by atoms with Crippen molar-refractivity contribution < 1.29 is 4.74 Å². The van der Waals surface area contributed by atoms with E-state index in [9.17, 15) is 0 Å². The predicted molar refractivity (Wildman–Crippen MR) is 103 cm³/mol. The quantitative estimate of drug-likeness (QED) is 0.879. The maximum atomic E-state index is 6.02. The van der Waals surface area contributed by atoms with Gasteiger partial charge in [0.1, 0.15) is 0 Å². The molecule has 5 rings (SSSR count). The molecule has 0 bridgehead atoms. The molecule has 0 unspecified atom stereocenters. The summed E-state index contributed by atoms with van der Waals surface area (Å²) in [5.41, 5.74) is 4.72. The van der Waals surface area contributed by atoms with Gasteiger partial charge in [-0.2, -0.15) is 0 Å². The van der Waals surface area contributed by atoms with Gasteiger partial charge in [0.15, 0.2) is 0 Å². The van der Waals surface area contributed by atoms with E-state index in [1.165, 1.54) is 29.7 Å². The minimum Gasteiger partial charge on any atom is -0.376 e. The first-order valence-corrected chi connectivity index (χ1v) is 10.0. The van der Waals surface area contributed by atoms with E-state index in [0.717, 1.165) is 56.8 Å². The van der Waals surface area contributed by atoms with Crippen LogP contribution in [0.5, 0.6) is 0 Å². The fourth-order valence-electron chi connectivity index (χ4n) is 4.42. The number of ether oxygens (including phenoxy) is 1. The number of anilines is 1. The molecule has 2 fully saturated rings. The van der Waals surface area contributed by atoms with Crippen molar-refractivity contribution in [3.63, 3.8) is 0 Å². The molecule has 0 amide bonds. The summed E-state index contributed by atoms with van der Waals surface area (Å²) in [6, 6.07) is 4.16. The van der Waals surface area contributed by atoms with Crippen molar-refractivity contribution in [1.29, 1.82) is 0 Å². The first kappa shape index (κ1) is 17.1. The Hall–Kier alpha value is -2.05. The van der Waals surface area contributed by atoms with Gasteiger partial charge in [0.2, 0.25) is 5.95 Å². The van der Waals surface area contributed by atoms with Gasteiger partial charge < -0.3 is 10.1 Å². The molecular weight excluding hydrogens is 338 g/mol. The molecule has 1 saturated heterocycles. The Morgan fingerprint density at radius 1 is 1.33 bits per heavy atom. The normalized spacial score (nSPS) is 24.9. The molecule has 1 N–H and O–H groups in total. The minimum absolute atomic E-state index is 0.0144. The minimum atomic E-state index is -0.0144. The van der Waals surface area contributed by atoms with Crippen LogP contribution in [0.1, 0.15) is 41.8 Å². The van der Waals surface area contributed by atoms with Crippen LogP contribution in [0.2, 0.25) is 0 Å². The number of likely N-dealkylation sites (tertiary alicyclic amines) is 1. The lowest BCUT2D eigenvalue weighted by molar-refractivity contribution is 0.0498. The van der Waals surface area contributed by atoms with Gasteiger partial charge in [-0.15, -0.1) is 0 Å². The van der Waals surface area contributed by atoms with Gasteiger partial charge in [-0.25, -0.2) is 9.97 Å². The van der Waals surface area contributed by atoms with Crippen LogP contribution in [-0.2, 0) is 23.3 Å². The van der Waals surface area contributed by atoms with E-state index in [1.807, 2.05) is 18.5 Å². The molecule has 6 heteroatoms. The molecule has 1 aliphatic carbocycles. The van der Waals surface area contributed by atoms with Crippen LogP contribution in [-0.4, -0.2) is 46.1 Å². The van der Waals surface area contributed by atoms with E-state index in [0.29, 0.717) is 6.61 Å². The molecule has 2 aromatic heterocycles. The summed E-state index contributed by atoms with van der Waals surface area (Å²) in [5.74, 6) is 1.61. The van der Waals surface area contributed by atoms with E-state index in [-0.39, 0.29) is 5.41 Å². The van der Waals surface area contributed by atoms with Crippen molar-refractivity contribution in [1.82, 2.24) is 19.9 Å². The average Bonchev–Trinajstić information content (AvgIpc) is 3.43. The second-order valence-corrected chi connectivity index (χ2v) is 8.38. The standard InChI is InChI=1S/C21H27N5O/c1-15-18-12-27-14-21(19(18)25-20(24-15)23-10-16-4-5-16)6-8-26(13-21)11-17-3-2-7-22-9-17/h2-3,7,9,16H,4-6,8,10-14H2,1H3,(H,23,24,25)/t21-/m1/s1. The molecule has 1 atom stereocenters. The highest BCUT2D eigenvalue weighted by Crippen LogP contribution is 2.40. The molecule has 0 radical (unpaired) electrons. The third kappa shape index (κ3) is 3.44. The van der Waals surface area contributed by atoms with Crippen molar-refractivity contribution >= 4 is 5.95 Å². The van der Waals surface area contributed by atoms with Gasteiger partial charge in [-0.3, -0.25) is 9.88 Å². The van der Waals surface area contributed by atoms with Crippen LogP contribution < -0.4 is 5.32 Å². The lowest BCUT2D eigenvalue weighted by Crippen LogP contribution is -2.41. The number of rotatable bonds is 5. The maximum absolute atomic E-state index is 6.02. The number of nitrogens with zero attached hydrogens (tertiary/aromatic N) is 4. The molecule has 2 aromatic rings. The van der Waals surface area contributed by atoms with Crippen molar-refractivity contribution in [3.05, 3.63) is 47.0 Å². The third-order valence-corrected chi connectivity index (χ3v) is 6.15. The summed E-state index contributed by atoms with van der Waals surface area (Å²) < 4.78 is 6.02. The zero-order valence-corrected chi connectivity index (χ0v) is 15.9. The number of aryl methyl sites for hydroxylation is 1. The van der Waals surface area contributed by atoms with E-state index >= 15 is 0 Å². The van der Waals surface area contributed by atoms with Crippen molar-refractivity contribution in [2.45, 2.75) is 44.8 Å².